The van der Waals surface area contributed by atoms with E-state index in [9.17, 15) is 4.79 Å². The van der Waals surface area contributed by atoms with E-state index in [1.54, 1.807) is 28.4 Å². The monoisotopic (exact) mass is 395 g/mol. The number of pyridine rings is 1. The number of fused-ring (bicyclic) bond motifs is 1. The fraction of sp³-hybridized carbons (Fsp3) is 0.389. The van der Waals surface area contributed by atoms with Crippen molar-refractivity contribution >= 4 is 45.6 Å². The van der Waals surface area contributed by atoms with Gasteiger partial charge in [-0.1, -0.05) is 29.3 Å². The van der Waals surface area contributed by atoms with Crippen molar-refractivity contribution in [3.8, 4) is 0 Å². The molecule has 2 aromatic rings. The molecule has 0 N–H and O–H groups in total. The zero-order chi connectivity index (χ0) is 18.0. The first-order chi connectivity index (χ1) is 12.0. The molecule has 2 aromatic heterocycles. The van der Waals surface area contributed by atoms with Crippen molar-refractivity contribution in [1.82, 2.24) is 9.97 Å². The summed E-state index contributed by atoms with van der Waals surface area (Å²) in [5.41, 5.74) is 2.40. The van der Waals surface area contributed by atoms with Gasteiger partial charge in [-0.2, -0.15) is 0 Å². The molecule has 0 aliphatic heterocycles. The van der Waals surface area contributed by atoms with Crippen LogP contribution in [0.3, 0.4) is 0 Å². The van der Waals surface area contributed by atoms with Gasteiger partial charge < -0.3 is 0 Å². The molecule has 0 fully saturated rings. The molecule has 0 radical (unpaired) electrons. The molecule has 25 heavy (non-hydrogen) atoms. The lowest BCUT2D eigenvalue weighted by Crippen LogP contribution is -2.32. The highest BCUT2D eigenvalue weighted by molar-refractivity contribution is 7.16. The second-order valence-electron chi connectivity index (χ2n) is 6.06. The zero-order valence-electron chi connectivity index (χ0n) is 14.0. The number of hydrogen-bond acceptors (Lipinski definition) is 4. The summed E-state index contributed by atoms with van der Waals surface area (Å²) in [6, 6.07) is 1.72. The summed E-state index contributed by atoms with van der Waals surface area (Å²) in [5, 5.41) is 1.46. The molecule has 3 rings (SSSR count). The number of aromatic nitrogens is 2. The van der Waals surface area contributed by atoms with Gasteiger partial charge in [0.1, 0.15) is 5.15 Å². The van der Waals surface area contributed by atoms with Gasteiger partial charge in [0.05, 0.1) is 12.1 Å². The highest BCUT2D eigenvalue weighted by Gasteiger charge is 2.24. The number of carbonyl (C=O) groups is 1. The average molecular weight is 396 g/mol. The van der Waals surface area contributed by atoms with Crippen LogP contribution in [0.4, 0.5) is 5.13 Å². The fourth-order valence-electron chi connectivity index (χ4n) is 2.90. The van der Waals surface area contributed by atoms with Crippen molar-refractivity contribution in [1.29, 1.82) is 0 Å². The summed E-state index contributed by atoms with van der Waals surface area (Å²) in [4.78, 5) is 24.7. The Morgan fingerprint density at radius 1 is 1.36 bits per heavy atom. The standard InChI is InChI=1S/C18H19Cl2N3OS/c1-3-8-23(18-22-14-6-4-5-7-15(14)25-18)16(24)10-12-13(19)9-11(2)21-17(12)20/h3,9H,1,4-8,10H2,2H3. The molecule has 1 amide bonds. The smallest absolute Gasteiger partial charge is 0.233 e. The van der Waals surface area contributed by atoms with E-state index in [1.807, 2.05) is 6.92 Å². The summed E-state index contributed by atoms with van der Waals surface area (Å²) in [7, 11) is 0. The molecule has 7 heteroatoms. The highest BCUT2D eigenvalue weighted by Crippen LogP contribution is 2.33. The van der Waals surface area contributed by atoms with Crippen molar-refractivity contribution in [3.05, 3.63) is 50.7 Å². The molecule has 0 saturated heterocycles. The van der Waals surface area contributed by atoms with Gasteiger partial charge in [0.25, 0.3) is 0 Å². The van der Waals surface area contributed by atoms with Crippen LogP contribution in [-0.2, 0) is 24.1 Å². The zero-order valence-corrected chi connectivity index (χ0v) is 16.3. The maximum absolute atomic E-state index is 12.9. The molecule has 0 spiro atoms. The van der Waals surface area contributed by atoms with Crippen LogP contribution in [0.5, 0.6) is 0 Å². The van der Waals surface area contributed by atoms with E-state index in [0.29, 0.717) is 17.1 Å². The molecule has 1 aliphatic rings. The van der Waals surface area contributed by atoms with E-state index in [1.165, 1.54) is 11.3 Å². The van der Waals surface area contributed by atoms with E-state index in [0.717, 1.165) is 35.8 Å². The third-order valence-electron chi connectivity index (χ3n) is 4.15. The first kappa shape index (κ1) is 18.4. The Bertz CT molecular complexity index is 772. The van der Waals surface area contributed by atoms with Gasteiger partial charge >= 0.3 is 0 Å². The van der Waals surface area contributed by atoms with Gasteiger partial charge in [-0.25, -0.2) is 9.97 Å². The van der Waals surface area contributed by atoms with Crippen LogP contribution in [0.25, 0.3) is 0 Å². The Balaban J connectivity index is 1.87. The third-order valence-corrected chi connectivity index (χ3v) is 5.98. The van der Waals surface area contributed by atoms with Crippen molar-refractivity contribution in [2.45, 2.75) is 39.0 Å². The number of carbonyl (C=O) groups excluding carboxylic acids is 1. The predicted octanol–water partition coefficient (Wildman–Crippen LogP) is 4.79. The maximum atomic E-state index is 12.9. The highest BCUT2D eigenvalue weighted by atomic mass is 35.5. The molecular formula is C18H19Cl2N3OS. The Labute approximate surface area is 161 Å². The Hall–Kier alpha value is -1.43. The van der Waals surface area contributed by atoms with Gasteiger partial charge in [-0.3, -0.25) is 9.69 Å². The van der Waals surface area contributed by atoms with Gasteiger partial charge in [0.2, 0.25) is 5.91 Å². The average Bonchev–Trinajstić information content (AvgIpc) is 2.99. The van der Waals surface area contributed by atoms with Gasteiger partial charge in [0.15, 0.2) is 5.13 Å². The Morgan fingerprint density at radius 3 is 2.80 bits per heavy atom. The molecule has 0 bridgehead atoms. The summed E-state index contributed by atoms with van der Waals surface area (Å²) >= 11 is 14.0. The number of hydrogen-bond donors (Lipinski definition) is 0. The van der Waals surface area contributed by atoms with Crippen molar-refractivity contribution < 1.29 is 4.79 Å². The number of aryl methyl sites for hydroxylation is 3. The van der Waals surface area contributed by atoms with E-state index in [2.05, 4.69) is 16.5 Å². The topological polar surface area (TPSA) is 46.1 Å². The molecule has 0 atom stereocenters. The second kappa shape index (κ2) is 7.85. The SMILES string of the molecule is C=CCN(C(=O)Cc1c(Cl)cc(C)nc1Cl)c1nc2c(s1)CCCC2. The van der Waals surface area contributed by atoms with E-state index in [4.69, 9.17) is 23.2 Å². The van der Waals surface area contributed by atoms with Gasteiger partial charge in [-0.05, 0) is 38.7 Å². The lowest BCUT2D eigenvalue weighted by Gasteiger charge is -2.18. The van der Waals surface area contributed by atoms with Crippen LogP contribution in [-0.4, -0.2) is 22.4 Å². The molecule has 1 aliphatic carbocycles. The number of anilines is 1. The van der Waals surface area contributed by atoms with Crippen LogP contribution < -0.4 is 4.90 Å². The molecule has 132 valence electrons. The van der Waals surface area contributed by atoms with Gasteiger partial charge in [-0.15, -0.1) is 17.9 Å². The molecule has 0 unspecified atom stereocenters. The lowest BCUT2D eigenvalue weighted by atomic mass is 10.0. The second-order valence-corrected chi connectivity index (χ2v) is 7.89. The number of halogens is 2. The fourth-order valence-corrected chi connectivity index (χ4v) is 4.74. The van der Waals surface area contributed by atoms with Crippen LogP contribution in [0, 0.1) is 6.92 Å². The van der Waals surface area contributed by atoms with Crippen LogP contribution in [0.15, 0.2) is 18.7 Å². The van der Waals surface area contributed by atoms with Crippen LogP contribution in [0.1, 0.15) is 34.7 Å². The van der Waals surface area contributed by atoms with Crippen molar-refractivity contribution in [2.24, 2.45) is 0 Å². The summed E-state index contributed by atoms with van der Waals surface area (Å²) in [5.74, 6) is -0.111. The summed E-state index contributed by atoms with van der Waals surface area (Å²) in [6.07, 6.45) is 6.16. The van der Waals surface area contributed by atoms with Crippen LogP contribution >= 0.6 is 34.5 Å². The summed E-state index contributed by atoms with van der Waals surface area (Å²) < 4.78 is 0. The van der Waals surface area contributed by atoms with Crippen molar-refractivity contribution in [3.63, 3.8) is 0 Å². The Kier molecular flexibility index (Phi) is 5.77. The third kappa shape index (κ3) is 4.05. The molecule has 0 aromatic carbocycles. The maximum Gasteiger partial charge on any atom is 0.233 e. The largest absolute Gasteiger partial charge is 0.284 e. The normalized spacial score (nSPS) is 13.4. The number of amides is 1. The van der Waals surface area contributed by atoms with Crippen molar-refractivity contribution in [2.75, 3.05) is 11.4 Å². The molecule has 0 saturated carbocycles. The summed E-state index contributed by atoms with van der Waals surface area (Å²) in [6.45, 7) is 5.98. The molecule has 2 heterocycles. The molecule has 4 nitrogen and oxygen atoms in total. The van der Waals surface area contributed by atoms with Crippen LogP contribution in [0.2, 0.25) is 10.2 Å². The van der Waals surface area contributed by atoms with Gasteiger partial charge in [0, 0.05) is 27.7 Å². The predicted molar refractivity (Wildman–Crippen MR) is 104 cm³/mol. The van der Waals surface area contributed by atoms with E-state index >= 15 is 0 Å². The minimum atomic E-state index is -0.111. The molecular weight excluding hydrogens is 377 g/mol. The quantitative estimate of drug-likeness (QED) is 0.539. The first-order valence-electron chi connectivity index (χ1n) is 8.21. The number of rotatable bonds is 5. The minimum Gasteiger partial charge on any atom is -0.284 e. The number of thiazole rings is 1. The Morgan fingerprint density at radius 2 is 2.12 bits per heavy atom. The number of nitrogens with zero attached hydrogens (tertiary/aromatic N) is 3. The minimum absolute atomic E-state index is 0.0863. The lowest BCUT2D eigenvalue weighted by molar-refractivity contribution is -0.117. The van der Waals surface area contributed by atoms with E-state index < -0.39 is 0 Å². The first-order valence-corrected chi connectivity index (χ1v) is 9.78. The van der Waals surface area contributed by atoms with E-state index in [-0.39, 0.29) is 17.5 Å².